The lowest BCUT2D eigenvalue weighted by atomic mass is 10.0. The molecule has 1 rings (SSSR count). The maximum Gasteiger partial charge on any atom is 0.331 e. The van der Waals surface area contributed by atoms with Gasteiger partial charge in [0.25, 0.3) is 0 Å². The maximum atomic E-state index is 11.2. The van der Waals surface area contributed by atoms with Gasteiger partial charge in [-0.25, -0.2) is 4.79 Å². The fourth-order valence-corrected chi connectivity index (χ4v) is 1.46. The molecule has 1 atom stereocenters. The van der Waals surface area contributed by atoms with Crippen LogP contribution < -0.4 is 0 Å². The Bertz CT molecular complexity index is 367. The molecule has 0 aliphatic rings. The number of hydrogen-bond acceptors (Lipinski definition) is 2. The van der Waals surface area contributed by atoms with Gasteiger partial charge in [-0.05, 0) is 31.9 Å². The summed E-state index contributed by atoms with van der Waals surface area (Å²) in [6.07, 6.45) is 2.90. The zero-order chi connectivity index (χ0) is 11.3. The van der Waals surface area contributed by atoms with Gasteiger partial charge >= 0.3 is 5.97 Å². The molecule has 1 aromatic carbocycles. The second-order valence-corrected chi connectivity index (χ2v) is 3.44. The Kier molecular flexibility index (Phi) is 4.10. The topological polar surface area (TPSA) is 26.3 Å². The predicted octanol–water partition coefficient (Wildman–Crippen LogP) is 3.18. The van der Waals surface area contributed by atoms with E-state index in [2.05, 4.69) is 0 Å². The summed E-state index contributed by atoms with van der Waals surface area (Å²) in [5, 5.41) is 0. The third-order valence-electron chi connectivity index (χ3n) is 2.22. The highest BCUT2D eigenvalue weighted by molar-refractivity contribution is 5.82. The molecule has 0 saturated heterocycles. The summed E-state index contributed by atoms with van der Waals surface area (Å²) in [5.74, 6) is -0.298. The molecule has 1 unspecified atom stereocenters. The second-order valence-electron chi connectivity index (χ2n) is 3.44. The van der Waals surface area contributed by atoms with Crippen molar-refractivity contribution in [1.29, 1.82) is 0 Å². The summed E-state index contributed by atoms with van der Waals surface area (Å²) < 4.78 is 5.23. The lowest BCUT2D eigenvalue weighted by Gasteiger charge is -2.14. The molecule has 0 N–H and O–H groups in total. The Balaban J connectivity index is 2.73. The molecular formula is C13H16O2. The van der Waals surface area contributed by atoms with Crippen molar-refractivity contribution in [2.45, 2.75) is 26.9 Å². The first-order chi connectivity index (χ1) is 7.15. The summed E-state index contributed by atoms with van der Waals surface area (Å²) in [6, 6.07) is 7.90. The van der Waals surface area contributed by atoms with Crippen molar-refractivity contribution < 1.29 is 9.53 Å². The molecule has 1 aromatic rings. The molecule has 0 heterocycles. The lowest BCUT2D eigenvalue weighted by Crippen LogP contribution is -2.07. The standard InChI is InChI=1S/C13H16O2/c1-4-7-13(14)15-11(3)12-9-6-5-8-10(12)2/h4-9,11H,1-3H3/b7-4+. The molecule has 0 fully saturated rings. The van der Waals surface area contributed by atoms with Gasteiger partial charge in [-0.15, -0.1) is 0 Å². The average molecular weight is 204 g/mol. The first-order valence-electron chi connectivity index (χ1n) is 5.04. The van der Waals surface area contributed by atoms with E-state index in [1.165, 1.54) is 6.08 Å². The Hall–Kier alpha value is -1.57. The summed E-state index contributed by atoms with van der Waals surface area (Å²) in [7, 11) is 0. The van der Waals surface area contributed by atoms with Gasteiger partial charge in [0, 0.05) is 6.08 Å². The van der Waals surface area contributed by atoms with Crippen molar-refractivity contribution in [2.24, 2.45) is 0 Å². The minimum atomic E-state index is -0.298. The van der Waals surface area contributed by atoms with Gasteiger partial charge in [0.2, 0.25) is 0 Å². The van der Waals surface area contributed by atoms with Crippen LogP contribution in [0.3, 0.4) is 0 Å². The molecule has 0 spiro atoms. The van der Waals surface area contributed by atoms with E-state index in [-0.39, 0.29) is 12.1 Å². The summed E-state index contributed by atoms with van der Waals surface area (Å²) in [5.41, 5.74) is 2.19. The van der Waals surface area contributed by atoms with E-state index in [1.54, 1.807) is 13.0 Å². The molecule has 0 aromatic heterocycles. The third kappa shape index (κ3) is 3.24. The van der Waals surface area contributed by atoms with Crippen LogP contribution in [-0.4, -0.2) is 5.97 Å². The van der Waals surface area contributed by atoms with Crippen LogP contribution in [0.15, 0.2) is 36.4 Å². The average Bonchev–Trinajstić information content (AvgIpc) is 2.18. The van der Waals surface area contributed by atoms with Crippen LogP contribution in [-0.2, 0) is 9.53 Å². The number of allylic oxidation sites excluding steroid dienone is 1. The van der Waals surface area contributed by atoms with Crippen molar-refractivity contribution in [3.8, 4) is 0 Å². The number of hydrogen-bond donors (Lipinski definition) is 0. The Morgan fingerprint density at radius 3 is 2.67 bits per heavy atom. The number of aryl methyl sites for hydroxylation is 1. The Labute approximate surface area is 90.6 Å². The zero-order valence-electron chi connectivity index (χ0n) is 9.36. The summed E-state index contributed by atoms with van der Waals surface area (Å²) >= 11 is 0. The predicted molar refractivity (Wildman–Crippen MR) is 60.5 cm³/mol. The van der Waals surface area contributed by atoms with Crippen molar-refractivity contribution in [2.75, 3.05) is 0 Å². The molecule has 0 radical (unpaired) electrons. The van der Waals surface area contributed by atoms with Gasteiger partial charge in [-0.1, -0.05) is 30.3 Å². The van der Waals surface area contributed by atoms with Crippen molar-refractivity contribution >= 4 is 5.97 Å². The highest BCUT2D eigenvalue weighted by Gasteiger charge is 2.10. The highest BCUT2D eigenvalue weighted by atomic mass is 16.5. The highest BCUT2D eigenvalue weighted by Crippen LogP contribution is 2.20. The quantitative estimate of drug-likeness (QED) is 0.558. The number of benzene rings is 1. The molecule has 0 aliphatic carbocycles. The molecule has 15 heavy (non-hydrogen) atoms. The van der Waals surface area contributed by atoms with Crippen LogP contribution in [0.2, 0.25) is 0 Å². The van der Waals surface area contributed by atoms with Crippen molar-refractivity contribution in [3.05, 3.63) is 47.5 Å². The molecule has 0 bridgehead atoms. The first kappa shape index (κ1) is 11.5. The monoisotopic (exact) mass is 204 g/mol. The second kappa shape index (κ2) is 5.35. The van der Waals surface area contributed by atoms with Crippen molar-refractivity contribution in [1.82, 2.24) is 0 Å². The minimum absolute atomic E-state index is 0.199. The summed E-state index contributed by atoms with van der Waals surface area (Å²) in [6.45, 7) is 5.68. The Morgan fingerprint density at radius 1 is 1.40 bits per heavy atom. The molecule has 0 amide bonds. The van der Waals surface area contributed by atoms with Crippen LogP contribution >= 0.6 is 0 Å². The van der Waals surface area contributed by atoms with Gasteiger partial charge in [-0.3, -0.25) is 0 Å². The number of carbonyl (C=O) groups excluding carboxylic acids is 1. The van der Waals surface area contributed by atoms with Gasteiger partial charge in [0.05, 0.1) is 0 Å². The molecule has 80 valence electrons. The first-order valence-corrected chi connectivity index (χ1v) is 5.04. The smallest absolute Gasteiger partial charge is 0.331 e. The van der Waals surface area contributed by atoms with E-state index in [0.29, 0.717) is 0 Å². The van der Waals surface area contributed by atoms with Crippen LogP contribution in [0.4, 0.5) is 0 Å². The molecule has 2 nitrogen and oxygen atoms in total. The van der Waals surface area contributed by atoms with E-state index < -0.39 is 0 Å². The number of rotatable bonds is 3. The van der Waals surface area contributed by atoms with E-state index in [9.17, 15) is 4.79 Å². The van der Waals surface area contributed by atoms with Crippen LogP contribution in [0, 0.1) is 6.92 Å². The molecule has 2 heteroatoms. The van der Waals surface area contributed by atoms with Gasteiger partial charge in [0.1, 0.15) is 6.10 Å². The van der Waals surface area contributed by atoms with E-state index in [0.717, 1.165) is 11.1 Å². The molecular weight excluding hydrogens is 188 g/mol. The van der Waals surface area contributed by atoms with Crippen molar-refractivity contribution in [3.63, 3.8) is 0 Å². The lowest BCUT2D eigenvalue weighted by molar-refractivity contribution is -0.142. The number of esters is 1. The van der Waals surface area contributed by atoms with E-state index in [4.69, 9.17) is 4.74 Å². The van der Waals surface area contributed by atoms with Crippen LogP contribution in [0.25, 0.3) is 0 Å². The number of ether oxygens (including phenoxy) is 1. The minimum Gasteiger partial charge on any atom is -0.455 e. The molecule has 0 aliphatic heterocycles. The van der Waals surface area contributed by atoms with Gasteiger partial charge < -0.3 is 4.74 Å². The fourth-order valence-electron chi connectivity index (χ4n) is 1.46. The maximum absolute atomic E-state index is 11.2. The zero-order valence-corrected chi connectivity index (χ0v) is 9.36. The van der Waals surface area contributed by atoms with Crippen LogP contribution in [0.1, 0.15) is 31.1 Å². The number of carbonyl (C=O) groups is 1. The normalized spacial score (nSPS) is 12.7. The molecule has 0 saturated carbocycles. The van der Waals surface area contributed by atoms with Gasteiger partial charge in [0.15, 0.2) is 0 Å². The summed E-state index contributed by atoms with van der Waals surface area (Å²) in [4.78, 5) is 11.2. The van der Waals surface area contributed by atoms with Gasteiger partial charge in [-0.2, -0.15) is 0 Å². The largest absolute Gasteiger partial charge is 0.455 e. The SMILES string of the molecule is C/C=C/C(=O)OC(C)c1ccccc1C. The van der Waals surface area contributed by atoms with E-state index >= 15 is 0 Å². The Morgan fingerprint density at radius 2 is 2.07 bits per heavy atom. The van der Waals surface area contributed by atoms with E-state index in [1.807, 2.05) is 38.1 Å². The third-order valence-corrected chi connectivity index (χ3v) is 2.22. The fraction of sp³-hybridized carbons (Fsp3) is 0.308. The van der Waals surface area contributed by atoms with Crippen LogP contribution in [0.5, 0.6) is 0 Å².